The number of hydrogen-bond acceptors (Lipinski definition) is 5. The minimum atomic E-state index is -0.989. The number of nitrogens with one attached hydrogen (secondary N) is 1. The minimum absolute atomic E-state index is 0.0119. The Kier molecular flexibility index (Phi) is 7.20. The van der Waals surface area contributed by atoms with Gasteiger partial charge in [-0.3, -0.25) is 9.59 Å². The molecular formula is C22H25FN2O4S. The lowest BCUT2D eigenvalue weighted by Crippen LogP contribution is -2.46. The van der Waals surface area contributed by atoms with E-state index in [0.717, 1.165) is 17.7 Å². The van der Waals surface area contributed by atoms with Crippen LogP contribution in [0.25, 0.3) is 0 Å². The summed E-state index contributed by atoms with van der Waals surface area (Å²) < 4.78 is 19.1. The van der Waals surface area contributed by atoms with Crippen LogP contribution in [0.5, 0.6) is 0 Å². The summed E-state index contributed by atoms with van der Waals surface area (Å²) in [4.78, 5) is 40.4. The number of hydrogen-bond donors (Lipinski definition) is 1. The lowest BCUT2D eigenvalue weighted by atomic mass is 10.0. The Balaban J connectivity index is 1.59. The standard InChI is InChI=1S/C22H25FN2O4S/c1-14(2)20(24-21(27)15-7-3-4-8-16(15)23)22(28)29-13-19(26)25-11-5-9-17(25)18-10-6-12-30-18/h3-4,6-8,10,12,14,17,20H,5,9,11,13H2,1-2H3,(H,24,27)/t17?,20-/m0/s1. The molecule has 1 fully saturated rings. The van der Waals surface area contributed by atoms with Gasteiger partial charge >= 0.3 is 5.97 Å². The number of amides is 2. The molecule has 2 amide bonds. The summed E-state index contributed by atoms with van der Waals surface area (Å²) >= 11 is 1.60. The van der Waals surface area contributed by atoms with Gasteiger partial charge in [0.1, 0.15) is 11.9 Å². The van der Waals surface area contributed by atoms with E-state index in [9.17, 15) is 18.8 Å². The quantitative estimate of drug-likeness (QED) is 0.679. The predicted molar refractivity (Wildman–Crippen MR) is 111 cm³/mol. The Hall–Kier alpha value is -2.74. The summed E-state index contributed by atoms with van der Waals surface area (Å²) in [5.41, 5.74) is -0.150. The average molecular weight is 433 g/mol. The fourth-order valence-corrected chi connectivity index (χ4v) is 4.38. The number of thiophene rings is 1. The summed E-state index contributed by atoms with van der Waals surface area (Å²) in [7, 11) is 0. The Morgan fingerprint density at radius 1 is 1.23 bits per heavy atom. The topological polar surface area (TPSA) is 75.7 Å². The predicted octanol–water partition coefficient (Wildman–Crippen LogP) is 3.55. The molecule has 1 N–H and O–H groups in total. The summed E-state index contributed by atoms with van der Waals surface area (Å²) in [6.45, 7) is 3.71. The van der Waals surface area contributed by atoms with Crippen LogP contribution in [0.2, 0.25) is 0 Å². The third kappa shape index (κ3) is 5.05. The van der Waals surface area contributed by atoms with E-state index in [4.69, 9.17) is 4.74 Å². The maximum Gasteiger partial charge on any atom is 0.329 e. The molecule has 0 saturated carbocycles. The number of carbonyl (C=O) groups excluding carboxylic acids is 3. The lowest BCUT2D eigenvalue weighted by molar-refractivity contribution is -0.154. The number of esters is 1. The first-order valence-corrected chi connectivity index (χ1v) is 10.8. The zero-order valence-electron chi connectivity index (χ0n) is 17.0. The molecule has 0 bridgehead atoms. The molecule has 6 nitrogen and oxygen atoms in total. The van der Waals surface area contributed by atoms with Crippen molar-refractivity contribution in [3.05, 3.63) is 58.0 Å². The van der Waals surface area contributed by atoms with Gasteiger partial charge in [0, 0.05) is 11.4 Å². The molecule has 3 rings (SSSR count). The number of ether oxygens (including phenoxy) is 1. The van der Waals surface area contributed by atoms with Crippen LogP contribution in [-0.4, -0.2) is 41.9 Å². The highest BCUT2D eigenvalue weighted by molar-refractivity contribution is 7.10. The van der Waals surface area contributed by atoms with Gasteiger partial charge in [0.05, 0.1) is 11.6 Å². The van der Waals surface area contributed by atoms with Crippen molar-refractivity contribution in [1.82, 2.24) is 10.2 Å². The molecule has 1 aliphatic heterocycles. The maximum atomic E-state index is 13.8. The van der Waals surface area contributed by atoms with Gasteiger partial charge in [0.25, 0.3) is 11.8 Å². The fourth-order valence-electron chi connectivity index (χ4n) is 3.51. The van der Waals surface area contributed by atoms with E-state index >= 15 is 0 Å². The highest BCUT2D eigenvalue weighted by Crippen LogP contribution is 2.34. The molecule has 160 valence electrons. The van der Waals surface area contributed by atoms with Crippen molar-refractivity contribution in [3.63, 3.8) is 0 Å². The van der Waals surface area contributed by atoms with Crippen LogP contribution in [0.3, 0.4) is 0 Å². The average Bonchev–Trinajstić information content (AvgIpc) is 3.41. The number of halogens is 1. The third-order valence-electron chi connectivity index (χ3n) is 5.11. The van der Waals surface area contributed by atoms with Crippen molar-refractivity contribution in [3.8, 4) is 0 Å². The maximum absolute atomic E-state index is 13.8. The van der Waals surface area contributed by atoms with Crippen molar-refractivity contribution in [2.24, 2.45) is 5.92 Å². The Labute approximate surface area is 179 Å². The van der Waals surface area contributed by atoms with E-state index in [-0.39, 0.29) is 30.0 Å². The van der Waals surface area contributed by atoms with Crippen LogP contribution in [0.1, 0.15) is 48.0 Å². The van der Waals surface area contributed by atoms with Gasteiger partial charge in [-0.05, 0) is 42.3 Å². The van der Waals surface area contributed by atoms with Gasteiger partial charge < -0.3 is 15.0 Å². The number of nitrogens with zero attached hydrogens (tertiary/aromatic N) is 1. The first-order chi connectivity index (χ1) is 14.4. The zero-order valence-corrected chi connectivity index (χ0v) is 17.8. The van der Waals surface area contributed by atoms with Crippen LogP contribution < -0.4 is 5.32 Å². The van der Waals surface area contributed by atoms with Crippen LogP contribution in [0, 0.1) is 11.7 Å². The van der Waals surface area contributed by atoms with Crippen molar-refractivity contribution in [2.45, 2.75) is 38.8 Å². The molecule has 2 aromatic rings. The number of likely N-dealkylation sites (tertiary alicyclic amines) is 1. The van der Waals surface area contributed by atoms with Crippen molar-refractivity contribution in [2.75, 3.05) is 13.2 Å². The molecule has 1 aromatic carbocycles. The summed E-state index contributed by atoms with van der Waals surface area (Å²) in [5, 5.41) is 4.50. The van der Waals surface area contributed by atoms with Gasteiger partial charge in [-0.1, -0.05) is 32.0 Å². The van der Waals surface area contributed by atoms with Gasteiger partial charge in [0.2, 0.25) is 0 Å². The van der Waals surface area contributed by atoms with Gasteiger partial charge in [-0.15, -0.1) is 11.3 Å². The Morgan fingerprint density at radius 3 is 2.67 bits per heavy atom. The van der Waals surface area contributed by atoms with Crippen LogP contribution in [-0.2, 0) is 14.3 Å². The summed E-state index contributed by atoms with van der Waals surface area (Å²) in [6, 6.07) is 8.51. The monoisotopic (exact) mass is 432 g/mol. The Bertz CT molecular complexity index is 900. The van der Waals surface area contributed by atoms with Crippen LogP contribution >= 0.6 is 11.3 Å². The van der Waals surface area contributed by atoms with E-state index in [1.54, 1.807) is 36.2 Å². The number of benzene rings is 1. The van der Waals surface area contributed by atoms with E-state index in [0.29, 0.717) is 6.54 Å². The van der Waals surface area contributed by atoms with Gasteiger partial charge in [-0.25, -0.2) is 9.18 Å². The van der Waals surface area contributed by atoms with Crippen molar-refractivity contribution in [1.29, 1.82) is 0 Å². The largest absolute Gasteiger partial charge is 0.454 e. The second kappa shape index (κ2) is 9.84. The van der Waals surface area contributed by atoms with Crippen molar-refractivity contribution >= 4 is 29.1 Å². The molecule has 30 heavy (non-hydrogen) atoms. The van der Waals surface area contributed by atoms with E-state index in [2.05, 4.69) is 5.32 Å². The fraction of sp³-hybridized carbons (Fsp3) is 0.409. The molecule has 1 saturated heterocycles. The van der Waals surface area contributed by atoms with E-state index in [1.165, 1.54) is 18.2 Å². The van der Waals surface area contributed by atoms with E-state index in [1.807, 2.05) is 17.5 Å². The molecule has 0 radical (unpaired) electrons. The summed E-state index contributed by atoms with van der Waals surface area (Å²) in [6.07, 6.45) is 1.78. The molecule has 2 atom stereocenters. The molecule has 1 unspecified atom stereocenters. The second-order valence-electron chi connectivity index (χ2n) is 7.54. The SMILES string of the molecule is CC(C)[C@H](NC(=O)c1ccccc1F)C(=O)OCC(=O)N1CCCC1c1cccs1. The first-order valence-electron chi connectivity index (χ1n) is 9.93. The normalized spacial score (nSPS) is 17.1. The lowest BCUT2D eigenvalue weighted by Gasteiger charge is -2.25. The highest BCUT2D eigenvalue weighted by Gasteiger charge is 2.32. The minimum Gasteiger partial charge on any atom is -0.454 e. The Morgan fingerprint density at radius 2 is 2.00 bits per heavy atom. The molecule has 2 heterocycles. The zero-order chi connectivity index (χ0) is 21.7. The third-order valence-corrected chi connectivity index (χ3v) is 6.08. The highest BCUT2D eigenvalue weighted by atomic mass is 32.1. The smallest absolute Gasteiger partial charge is 0.329 e. The van der Waals surface area contributed by atoms with Gasteiger partial charge in [-0.2, -0.15) is 0 Å². The molecule has 0 aliphatic carbocycles. The first kappa shape index (κ1) is 22.0. The molecule has 0 spiro atoms. The molecule has 1 aromatic heterocycles. The van der Waals surface area contributed by atoms with Crippen molar-refractivity contribution < 1.29 is 23.5 Å². The van der Waals surface area contributed by atoms with Crippen LogP contribution in [0.15, 0.2) is 41.8 Å². The number of carbonyl (C=O) groups is 3. The second-order valence-corrected chi connectivity index (χ2v) is 8.52. The molecule has 1 aliphatic rings. The number of rotatable bonds is 7. The van der Waals surface area contributed by atoms with E-state index < -0.39 is 23.7 Å². The summed E-state index contributed by atoms with van der Waals surface area (Å²) in [5.74, 6) is -2.65. The molecule has 8 heteroatoms. The molecular weight excluding hydrogens is 407 g/mol. The van der Waals surface area contributed by atoms with Crippen LogP contribution in [0.4, 0.5) is 4.39 Å². The van der Waals surface area contributed by atoms with Gasteiger partial charge in [0.15, 0.2) is 6.61 Å².